The highest BCUT2D eigenvalue weighted by Gasteiger charge is 2.49. The van der Waals surface area contributed by atoms with Crippen molar-refractivity contribution >= 4 is 11.9 Å². The molecule has 18 heavy (non-hydrogen) atoms. The SMILES string of the molecule is CC(C)C1(O)CN(C(=O)C2CCCC2C(=O)O)C1. The molecule has 0 aromatic carbocycles. The first kappa shape index (κ1) is 13.3. The van der Waals surface area contributed by atoms with Gasteiger partial charge in [-0.1, -0.05) is 20.3 Å². The third-order valence-electron chi connectivity index (χ3n) is 4.47. The minimum Gasteiger partial charge on any atom is -0.481 e. The number of aliphatic carboxylic acids is 1. The first-order chi connectivity index (χ1) is 8.35. The van der Waals surface area contributed by atoms with Crippen molar-refractivity contribution in [3.63, 3.8) is 0 Å². The van der Waals surface area contributed by atoms with E-state index in [-0.39, 0.29) is 17.7 Å². The van der Waals surface area contributed by atoms with Crippen LogP contribution in [0.5, 0.6) is 0 Å². The molecule has 0 spiro atoms. The fourth-order valence-electron chi connectivity index (χ4n) is 2.92. The maximum Gasteiger partial charge on any atom is 0.307 e. The van der Waals surface area contributed by atoms with Crippen LogP contribution in [0, 0.1) is 17.8 Å². The van der Waals surface area contributed by atoms with E-state index in [0.29, 0.717) is 25.9 Å². The molecule has 1 aliphatic heterocycles. The van der Waals surface area contributed by atoms with Crippen molar-refractivity contribution in [1.82, 2.24) is 4.90 Å². The van der Waals surface area contributed by atoms with E-state index in [1.165, 1.54) is 0 Å². The molecule has 2 rings (SSSR count). The van der Waals surface area contributed by atoms with E-state index in [9.17, 15) is 14.7 Å². The van der Waals surface area contributed by atoms with Gasteiger partial charge in [0.25, 0.3) is 0 Å². The van der Waals surface area contributed by atoms with Crippen LogP contribution in [-0.4, -0.2) is 45.7 Å². The number of β-amino-alcohol motifs (C(OH)–C–C–N with tert-alkyl or cyclic N) is 1. The Balaban J connectivity index is 1.96. The molecule has 2 aliphatic rings. The minimum absolute atomic E-state index is 0.0924. The van der Waals surface area contributed by atoms with Crippen molar-refractivity contribution in [2.24, 2.45) is 17.8 Å². The molecule has 0 aromatic rings. The van der Waals surface area contributed by atoms with E-state index < -0.39 is 17.5 Å². The Labute approximate surface area is 107 Å². The largest absolute Gasteiger partial charge is 0.481 e. The van der Waals surface area contributed by atoms with Crippen LogP contribution in [0.4, 0.5) is 0 Å². The lowest BCUT2D eigenvalue weighted by molar-refractivity contribution is -0.170. The molecule has 0 bridgehead atoms. The maximum atomic E-state index is 12.2. The average Bonchev–Trinajstić information content (AvgIpc) is 2.72. The van der Waals surface area contributed by atoms with E-state index in [1.807, 2.05) is 13.8 Å². The highest BCUT2D eigenvalue weighted by atomic mass is 16.4. The summed E-state index contributed by atoms with van der Waals surface area (Å²) in [6, 6.07) is 0. The molecule has 0 radical (unpaired) electrons. The monoisotopic (exact) mass is 255 g/mol. The lowest BCUT2D eigenvalue weighted by Crippen LogP contribution is -2.67. The smallest absolute Gasteiger partial charge is 0.307 e. The molecule has 2 unspecified atom stereocenters. The summed E-state index contributed by atoms with van der Waals surface area (Å²) < 4.78 is 0. The Hall–Kier alpha value is -1.10. The third-order valence-corrected chi connectivity index (χ3v) is 4.47. The highest BCUT2D eigenvalue weighted by Crippen LogP contribution is 2.37. The second kappa shape index (κ2) is 4.53. The first-order valence-electron chi connectivity index (χ1n) is 6.59. The van der Waals surface area contributed by atoms with E-state index in [2.05, 4.69) is 0 Å². The molecule has 2 fully saturated rings. The predicted octanol–water partition coefficient (Wildman–Crippen LogP) is 0.717. The summed E-state index contributed by atoms with van der Waals surface area (Å²) in [6.45, 7) is 4.54. The number of carboxylic acids is 1. The molecular weight excluding hydrogens is 234 g/mol. The Bertz CT molecular complexity index is 360. The highest BCUT2D eigenvalue weighted by molar-refractivity contribution is 5.86. The van der Waals surface area contributed by atoms with Crippen molar-refractivity contribution < 1.29 is 19.8 Å². The van der Waals surface area contributed by atoms with Crippen molar-refractivity contribution in [1.29, 1.82) is 0 Å². The Morgan fingerprint density at radius 1 is 1.22 bits per heavy atom. The molecule has 1 saturated heterocycles. The van der Waals surface area contributed by atoms with Crippen molar-refractivity contribution in [2.75, 3.05) is 13.1 Å². The van der Waals surface area contributed by atoms with Gasteiger partial charge in [-0.15, -0.1) is 0 Å². The van der Waals surface area contributed by atoms with Gasteiger partial charge in [-0.25, -0.2) is 0 Å². The van der Waals surface area contributed by atoms with Gasteiger partial charge in [0.1, 0.15) is 5.60 Å². The number of carbonyl (C=O) groups excluding carboxylic acids is 1. The molecule has 5 heteroatoms. The summed E-state index contributed by atoms with van der Waals surface area (Å²) in [5.41, 5.74) is -0.785. The molecule has 1 heterocycles. The van der Waals surface area contributed by atoms with Crippen LogP contribution in [0.1, 0.15) is 33.1 Å². The molecule has 1 amide bonds. The number of hydrogen-bond donors (Lipinski definition) is 2. The fraction of sp³-hybridized carbons (Fsp3) is 0.846. The minimum atomic E-state index is -0.870. The molecular formula is C13H21NO4. The van der Waals surface area contributed by atoms with Gasteiger partial charge in [-0.2, -0.15) is 0 Å². The van der Waals surface area contributed by atoms with E-state index in [0.717, 1.165) is 6.42 Å². The summed E-state index contributed by atoms with van der Waals surface area (Å²) in [6.07, 6.45) is 2.05. The number of carbonyl (C=O) groups is 2. The average molecular weight is 255 g/mol. The number of aliphatic hydroxyl groups is 1. The van der Waals surface area contributed by atoms with Gasteiger partial charge < -0.3 is 15.1 Å². The number of rotatable bonds is 3. The molecule has 0 aromatic heterocycles. The number of nitrogens with zero attached hydrogens (tertiary/aromatic N) is 1. The summed E-state index contributed by atoms with van der Waals surface area (Å²) in [7, 11) is 0. The first-order valence-corrected chi connectivity index (χ1v) is 6.59. The van der Waals surface area contributed by atoms with Crippen LogP contribution in [0.3, 0.4) is 0 Å². The quantitative estimate of drug-likeness (QED) is 0.779. The summed E-state index contributed by atoms with van der Waals surface area (Å²) in [5, 5.41) is 19.2. The van der Waals surface area contributed by atoms with Crippen LogP contribution in [-0.2, 0) is 9.59 Å². The van der Waals surface area contributed by atoms with Gasteiger partial charge >= 0.3 is 5.97 Å². The number of hydrogen-bond acceptors (Lipinski definition) is 3. The molecule has 1 saturated carbocycles. The van der Waals surface area contributed by atoms with E-state index in [1.54, 1.807) is 4.90 Å². The van der Waals surface area contributed by atoms with Gasteiger partial charge in [-0.3, -0.25) is 9.59 Å². The summed E-state index contributed by atoms with van der Waals surface area (Å²) >= 11 is 0. The number of amides is 1. The second-order valence-electron chi connectivity index (χ2n) is 5.93. The predicted molar refractivity (Wildman–Crippen MR) is 64.8 cm³/mol. The van der Waals surface area contributed by atoms with Crippen molar-refractivity contribution in [3.05, 3.63) is 0 Å². The van der Waals surface area contributed by atoms with E-state index >= 15 is 0 Å². The topological polar surface area (TPSA) is 77.8 Å². The van der Waals surface area contributed by atoms with Crippen molar-refractivity contribution in [2.45, 2.75) is 38.7 Å². The third kappa shape index (κ3) is 2.11. The van der Waals surface area contributed by atoms with Gasteiger partial charge in [-0.05, 0) is 18.8 Å². The Kier molecular flexibility index (Phi) is 3.36. The number of likely N-dealkylation sites (tertiary alicyclic amines) is 1. The van der Waals surface area contributed by atoms with Crippen LogP contribution in [0.25, 0.3) is 0 Å². The van der Waals surface area contributed by atoms with Gasteiger partial charge in [0.15, 0.2) is 0 Å². The van der Waals surface area contributed by atoms with Crippen LogP contribution < -0.4 is 0 Å². The van der Waals surface area contributed by atoms with E-state index in [4.69, 9.17) is 5.11 Å². The molecule has 1 aliphatic carbocycles. The molecule has 2 atom stereocenters. The molecule has 102 valence electrons. The fourth-order valence-corrected chi connectivity index (χ4v) is 2.92. The zero-order valence-electron chi connectivity index (χ0n) is 10.9. The maximum absolute atomic E-state index is 12.2. The molecule has 5 nitrogen and oxygen atoms in total. The van der Waals surface area contributed by atoms with Crippen LogP contribution >= 0.6 is 0 Å². The lowest BCUT2D eigenvalue weighted by Gasteiger charge is -2.50. The zero-order chi connectivity index (χ0) is 13.5. The summed E-state index contributed by atoms with van der Waals surface area (Å²) in [5.74, 6) is -1.78. The van der Waals surface area contributed by atoms with Gasteiger partial charge in [0, 0.05) is 0 Å². The van der Waals surface area contributed by atoms with Crippen LogP contribution in [0.2, 0.25) is 0 Å². The number of carboxylic acid groups (broad SMARTS) is 1. The Morgan fingerprint density at radius 2 is 1.78 bits per heavy atom. The van der Waals surface area contributed by atoms with Crippen molar-refractivity contribution in [3.8, 4) is 0 Å². The second-order valence-corrected chi connectivity index (χ2v) is 5.93. The summed E-state index contributed by atoms with van der Waals surface area (Å²) in [4.78, 5) is 24.9. The van der Waals surface area contributed by atoms with Gasteiger partial charge in [0.05, 0.1) is 24.9 Å². The van der Waals surface area contributed by atoms with Gasteiger partial charge in [0.2, 0.25) is 5.91 Å². The normalized spacial score (nSPS) is 30.3. The molecule has 2 N–H and O–H groups in total. The Morgan fingerprint density at radius 3 is 2.28 bits per heavy atom. The standard InChI is InChI=1S/C13H21NO4/c1-8(2)13(18)6-14(7-13)11(15)9-4-3-5-10(9)12(16)17/h8-10,18H,3-7H2,1-2H3,(H,16,17). The van der Waals surface area contributed by atoms with Crippen LogP contribution in [0.15, 0.2) is 0 Å². The lowest BCUT2D eigenvalue weighted by atomic mass is 9.81. The zero-order valence-corrected chi connectivity index (χ0v) is 10.9.